The number of hydrogen-bond donors (Lipinski definition) is 1. The highest BCUT2D eigenvalue weighted by atomic mass is 35.5. The lowest BCUT2D eigenvalue weighted by molar-refractivity contribution is -0.132. The molecule has 0 aliphatic carbocycles. The first-order valence-corrected chi connectivity index (χ1v) is 8.48. The van der Waals surface area contributed by atoms with Gasteiger partial charge in [-0.25, -0.2) is 8.78 Å². The smallest absolute Gasteiger partial charge is 0.241 e. The minimum atomic E-state index is -0.958. The molecular formula is C20H20ClF2N3O. The number of nitrogens with two attached hydrogens (primary N) is 1. The van der Waals surface area contributed by atoms with Gasteiger partial charge in [-0.3, -0.25) is 4.79 Å². The Hall–Kier alpha value is -2.49. The fourth-order valence-electron chi connectivity index (χ4n) is 3.45. The fraction of sp³-hybridized carbons (Fsp3) is 0.300. The number of benzene rings is 2. The third-order valence-electron chi connectivity index (χ3n) is 4.79. The van der Waals surface area contributed by atoms with Crippen LogP contribution in [0.1, 0.15) is 29.9 Å². The van der Waals surface area contributed by atoms with Crippen LogP contribution in [-0.2, 0) is 4.79 Å². The van der Waals surface area contributed by atoms with E-state index in [0.717, 1.165) is 6.42 Å². The first kappa shape index (κ1) is 20.8. The van der Waals surface area contributed by atoms with Gasteiger partial charge in [0.25, 0.3) is 0 Å². The third-order valence-corrected chi connectivity index (χ3v) is 4.79. The zero-order valence-electron chi connectivity index (χ0n) is 14.5. The maximum atomic E-state index is 13.3. The number of carbonyl (C=O) groups is 1. The molecule has 2 atom stereocenters. The molecule has 1 saturated heterocycles. The standard InChI is InChI=1S/C20H19F2N3O.ClH/c21-15-7-3-13(4-8-15)18(14-5-9-16(22)10-6-14)19(24)20(26)25-11-1-2-17(25)12-23;/h3-10,17-19H,1-2,11,24H2;1H/t17-,19-;/m0./s1. The van der Waals surface area contributed by atoms with Crippen LogP contribution in [0.15, 0.2) is 48.5 Å². The van der Waals surface area contributed by atoms with Crippen LogP contribution in [0.25, 0.3) is 0 Å². The van der Waals surface area contributed by atoms with Gasteiger partial charge in [-0.1, -0.05) is 24.3 Å². The van der Waals surface area contributed by atoms with E-state index in [0.29, 0.717) is 24.1 Å². The van der Waals surface area contributed by atoms with E-state index in [2.05, 4.69) is 6.07 Å². The molecule has 27 heavy (non-hydrogen) atoms. The SMILES string of the molecule is Cl.N#C[C@@H]1CCCN1C(=O)[C@@H](N)C(c1ccc(F)cc1)c1ccc(F)cc1. The molecule has 0 unspecified atom stereocenters. The average molecular weight is 392 g/mol. The van der Waals surface area contributed by atoms with Crippen LogP contribution < -0.4 is 5.73 Å². The first-order chi connectivity index (χ1) is 12.5. The molecule has 1 amide bonds. The summed E-state index contributed by atoms with van der Waals surface area (Å²) in [6.07, 6.45) is 1.39. The number of likely N-dealkylation sites (tertiary alicyclic amines) is 1. The molecule has 1 heterocycles. The van der Waals surface area contributed by atoms with E-state index in [9.17, 15) is 18.8 Å². The molecule has 2 aromatic rings. The molecule has 1 fully saturated rings. The van der Waals surface area contributed by atoms with Crippen LogP contribution in [0.2, 0.25) is 0 Å². The molecule has 2 aromatic carbocycles. The molecule has 1 aliphatic rings. The molecule has 2 N–H and O–H groups in total. The summed E-state index contributed by atoms with van der Waals surface area (Å²) in [4.78, 5) is 14.4. The lowest BCUT2D eigenvalue weighted by Gasteiger charge is -2.29. The Morgan fingerprint density at radius 3 is 2.00 bits per heavy atom. The van der Waals surface area contributed by atoms with Gasteiger partial charge in [0.05, 0.1) is 12.1 Å². The van der Waals surface area contributed by atoms with Crippen molar-refractivity contribution in [1.82, 2.24) is 4.90 Å². The van der Waals surface area contributed by atoms with Crippen LogP contribution in [0.3, 0.4) is 0 Å². The largest absolute Gasteiger partial charge is 0.325 e. The van der Waals surface area contributed by atoms with Crippen molar-refractivity contribution in [2.75, 3.05) is 6.54 Å². The highest BCUT2D eigenvalue weighted by molar-refractivity contribution is 5.85. The normalized spacial score (nSPS) is 17.3. The summed E-state index contributed by atoms with van der Waals surface area (Å²) in [5, 5.41) is 9.23. The van der Waals surface area contributed by atoms with Crippen LogP contribution in [0, 0.1) is 23.0 Å². The summed E-state index contributed by atoms with van der Waals surface area (Å²) in [6, 6.07) is 12.2. The number of nitrogens with zero attached hydrogens (tertiary/aromatic N) is 2. The summed E-state index contributed by atoms with van der Waals surface area (Å²) >= 11 is 0. The maximum absolute atomic E-state index is 13.3. The minimum absolute atomic E-state index is 0. The molecule has 3 rings (SSSR count). The van der Waals surface area contributed by atoms with E-state index >= 15 is 0 Å². The molecular weight excluding hydrogens is 372 g/mol. The topological polar surface area (TPSA) is 70.1 Å². The minimum Gasteiger partial charge on any atom is -0.325 e. The van der Waals surface area contributed by atoms with Crippen molar-refractivity contribution in [2.24, 2.45) is 5.73 Å². The number of hydrogen-bond acceptors (Lipinski definition) is 3. The van der Waals surface area contributed by atoms with Gasteiger partial charge in [0.1, 0.15) is 17.7 Å². The van der Waals surface area contributed by atoms with Gasteiger partial charge >= 0.3 is 0 Å². The van der Waals surface area contributed by atoms with Crippen molar-refractivity contribution in [3.05, 3.63) is 71.3 Å². The Balaban J connectivity index is 0.00000261. The number of rotatable bonds is 4. The van der Waals surface area contributed by atoms with Gasteiger partial charge in [-0.15, -0.1) is 12.4 Å². The summed E-state index contributed by atoms with van der Waals surface area (Å²) < 4.78 is 26.6. The second-order valence-corrected chi connectivity index (χ2v) is 6.43. The number of carbonyl (C=O) groups excluding carboxylic acids is 1. The van der Waals surface area contributed by atoms with Crippen LogP contribution >= 0.6 is 12.4 Å². The first-order valence-electron chi connectivity index (χ1n) is 8.48. The predicted octanol–water partition coefficient (Wildman–Crippen LogP) is 3.36. The summed E-state index contributed by atoms with van der Waals surface area (Å²) in [6.45, 7) is 0.490. The summed E-state index contributed by atoms with van der Waals surface area (Å²) in [5.74, 6) is -1.68. The van der Waals surface area contributed by atoms with Gasteiger partial charge in [0.15, 0.2) is 0 Å². The Morgan fingerprint density at radius 2 is 1.56 bits per heavy atom. The van der Waals surface area contributed by atoms with Crippen molar-refractivity contribution < 1.29 is 13.6 Å². The van der Waals surface area contributed by atoms with Gasteiger partial charge in [-0.05, 0) is 48.2 Å². The quantitative estimate of drug-likeness (QED) is 0.868. The van der Waals surface area contributed by atoms with Gasteiger partial charge in [-0.2, -0.15) is 5.26 Å². The van der Waals surface area contributed by atoms with Crippen LogP contribution in [0.5, 0.6) is 0 Å². The van der Waals surface area contributed by atoms with Crippen molar-refractivity contribution >= 4 is 18.3 Å². The number of halogens is 3. The van der Waals surface area contributed by atoms with Crippen molar-refractivity contribution in [1.29, 1.82) is 5.26 Å². The lowest BCUT2D eigenvalue weighted by Crippen LogP contribution is -2.48. The zero-order chi connectivity index (χ0) is 18.7. The molecule has 0 spiro atoms. The van der Waals surface area contributed by atoms with E-state index in [1.54, 1.807) is 24.3 Å². The van der Waals surface area contributed by atoms with E-state index in [-0.39, 0.29) is 18.3 Å². The van der Waals surface area contributed by atoms with Gasteiger partial charge in [0, 0.05) is 12.5 Å². The number of nitriles is 1. The molecule has 0 radical (unpaired) electrons. The number of amides is 1. The lowest BCUT2D eigenvalue weighted by atomic mass is 9.84. The van der Waals surface area contributed by atoms with Crippen LogP contribution in [0.4, 0.5) is 8.78 Å². The molecule has 7 heteroatoms. The molecule has 1 aliphatic heterocycles. The van der Waals surface area contributed by atoms with E-state index in [4.69, 9.17) is 5.73 Å². The van der Waals surface area contributed by atoms with E-state index in [1.165, 1.54) is 29.2 Å². The highest BCUT2D eigenvalue weighted by Gasteiger charge is 2.36. The molecule has 4 nitrogen and oxygen atoms in total. The van der Waals surface area contributed by atoms with Gasteiger partial charge < -0.3 is 10.6 Å². The Kier molecular flexibility index (Phi) is 6.89. The maximum Gasteiger partial charge on any atom is 0.241 e. The van der Waals surface area contributed by atoms with E-state index in [1.807, 2.05) is 0 Å². The second-order valence-electron chi connectivity index (χ2n) is 6.43. The van der Waals surface area contributed by atoms with Crippen LogP contribution in [-0.4, -0.2) is 29.4 Å². The highest BCUT2D eigenvalue weighted by Crippen LogP contribution is 2.30. The summed E-state index contributed by atoms with van der Waals surface area (Å²) in [7, 11) is 0. The van der Waals surface area contributed by atoms with Crippen molar-refractivity contribution in [3.8, 4) is 6.07 Å². The van der Waals surface area contributed by atoms with Gasteiger partial charge in [0.2, 0.25) is 5.91 Å². The molecule has 142 valence electrons. The van der Waals surface area contributed by atoms with Crippen molar-refractivity contribution in [2.45, 2.75) is 30.8 Å². The monoisotopic (exact) mass is 391 g/mol. The third kappa shape index (κ3) is 4.44. The zero-order valence-corrected chi connectivity index (χ0v) is 15.3. The van der Waals surface area contributed by atoms with Crippen molar-refractivity contribution in [3.63, 3.8) is 0 Å². The molecule has 0 saturated carbocycles. The van der Waals surface area contributed by atoms with E-state index < -0.39 is 29.6 Å². The predicted molar refractivity (Wildman–Crippen MR) is 100 cm³/mol. The second kappa shape index (κ2) is 8.94. The Morgan fingerprint density at radius 1 is 1.07 bits per heavy atom. The fourth-order valence-corrected chi connectivity index (χ4v) is 3.45. The summed E-state index contributed by atoms with van der Waals surface area (Å²) in [5.41, 5.74) is 7.63. The Bertz CT molecular complexity index is 775. The Labute approximate surface area is 163 Å². The molecule has 0 bridgehead atoms. The average Bonchev–Trinajstić information content (AvgIpc) is 3.13. The molecule has 0 aromatic heterocycles.